The van der Waals surface area contributed by atoms with Gasteiger partial charge in [-0.15, -0.1) is 0 Å². The monoisotopic (exact) mass is 468 g/mol. The van der Waals surface area contributed by atoms with Gasteiger partial charge in [-0.05, 0) is 72.6 Å². The lowest BCUT2D eigenvalue weighted by atomic mass is 10.1. The molecule has 5 rings (SSSR count). The molecule has 0 bridgehead atoms. The van der Waals surface area contributed by atoms with Crippen LogP contribution in [-0.4, -0.2) is 11.3 Å². The third-order valence-corrected chi connectivity index (χ3v) is 7.16. The average Bonchev–Trinajstić information content (AvgIpc) is 3.15. The molecule has 0 fully saturated rings. The first-order chi connectivity index (χ1) is 16.6. The van der Waals surface area contributed by atoms with Gasteiger partial charge in [0.25, 0.3) is 0 Å². The molecule has 0 aliphatic carbocycles. The Labute approximate surface area is 201 Å². The highest BCUT2D eigenvalue weighted by molar-refractivity contribution is 7.95. The summed E-state index contributed by atoms with van der Waals surface area (Å²) in [5, 5.41) is 0. The summed E-state index contributed by atoms with van der Waals surface area (Å²) in [5.74, 6) is 2.70. The molecule has 4 aromatic carbocycles. The maximum absolute atomic E-state index is 13.7. The van der Waals surface area contributed by atoms with Gasteiger partial charge in [0.05, 0.1) is 27.7 Å². The van der Waals surface area contributed by atoms with Crippen molar-refractivity contribution in [2.75, 3.05) is 7.11 Å². The SMILES string of the molecule is COc1ccc(C2=C(Oc3ccc(C)cc3)c3ccc(OCc4ccccc4)cc3S2=O)cc1. The quantitative estimate of drug-likeness (QED) is 0.306. The Morgan fingerprint density at radius 3 is 2.15 bits per heavy atom. The molecule has 1 heterocycles. The predicted molar refractivity (Wildman–Crippen MR) is 135 cm³/mol. The molecule has 0 aromatic heterocycles. The van der Waals surface area contributed by atoms with Gasteiger partial charge in [0.15, 0.2) is 5.76 Å². The molecule has 0 amide bonds. The van der Waals surface area contributed by atoms with E-state index in [9.17, 15) is 4.21 Å². The molecule has 1 atom stereocenters. The van der Waals surface area contributed by atoms with Gasteiger partial charge in [-0.25, -0.2) is 4.21 Å². The minimum absolute atomic E-state index is 0.442. The largest absolute Gasteiger partial charge is 0.497 e. The summed E-state index contributed by atoms with van der Waals surface area (Å²) in [6.45, 7) is 2.47. The second kappa shape index (κ2) is 9.57. The number of benzene rings is 4. The van der Waals surface area contributed by atoms with Crippen molar-refractivity contribution >= 4 is 21.5 Å². The smallest absolute Gasteiger partial charge is 0.152 e. The Balaban J connectivity index is 1.51. The molecule has 4 aromatic rings. The van der Waals surface area contributed by atoms with E-state index in [1.54, 1.807) is 7.11 Å². The van der Waals surface area contributed by atoms with Crippen LogP contribution in [0.4, 0.5) is 0 Å². The normalized spacial score (nSPS) is 14.6. The summed E-state index contributed by atoms with van der Waals surface area (Å²) in [6.07, 6.45) is 0. The first-order valence-electron chi connectivity index (χ1n) is 11.0. The van der Waals surface area contributed by atoms with Crippen molar-refractivity contribution in [2.24, 2.45) is 0 Å². The van der Waals surface area contributed by atoms with E-state index in [2.05, 4.69) is 0 Å². The number of hydrogen-bond acceptors (Lipinski definition) is 4. The van der Waals surface area contributed by atoms with Crippen LogP contribution in [0, 0.1) is 6.92 Å². The number of ether oxygens (including phenoxy) is 3. The van der Waals surface area contributed by atoms with Gasteiger partial charge in [-0.2, -0.15) is 0 Å². The Bertz CT molecular complexity index is 1360. The fourth-order valence-corrected chi connectivity index (χ4v) is 5.27. The molecular formula is C29H24O4S. The molecular weight excluding hydrogens is 444 g/mol. The third kappa shape index (κ3) is 4.47. The van der Waals surface area contributed by atoms with Gasteiger partial charge >= 0.3 is 0 Å². The number of hydrogen-bond donors (Lipinski definition) is 0. The highest BCUT2D eigenvalue weighted by Gasteiger charge is 2.32. The maximum Gasteiger partial charge on any atom is 0.152 e. The minimum Gasteiger partial charge on any atom is -0.497 e. The summed E-state index contributed by atoms with van der Waals surface area (Å²) < 4.78 is 31.3. The van der Waals surface area contributed by atoms with Crippen LogP contribution >= 0.6 is 0 Å². The van der Waals surface area contributed by atoms with Gasteiger partial charge in [-0.3, -0.25) is 0 Å². The van der Waals surface area contributed by atoms with Crippen molar-refractivity contribution in [1.29, 1.82) is 0 Å². The van der Waals surface area contributed by atoms with E-state index in [0.717, 1.165) is 28.0 Å². The standard InChI is InChI=1S/C29H24O4S/c1-20-8-12-24(13-9-20)33-28-26-17-16-25(32-19-21-6-4-3-5-7-21)18-27(26)34(30)29(28)22-10-14-23(31-2)15-11-22/h3-18H,19H2,1-2H3. The second-order valence-electron chi connectivity index (χ2n) is 8.00. The molecule has 1 aliphatic heterocycles. The van der Waals surface area contributed by atoms with Gasteiger partial charge in [0.2, 0.25) is 0 Å². The topological polar surface area (TPSA) is 44.8 Å². The van der Waals surface area contributed by atoms with E-state index in [1.165, 1.54) is 0 Å². The minimum atomic E-state index is -1.43. The first kappa shape index (κ1) is 22.0. The molecule has 1 aliphatic rings. The Kier molecular flexibility index (Phi) is 6.19. The van der Waals surface area contributed by atoms with Crippen molar-refractivity contribution < 1.29 is 18.4 Å². The summed E-state index contributed by atoms with van der Waals surface area (Å²) in [5.41, 5.74) is 3.85. The highest BCUT2D eigenvalue weighted by Crippen LogP contribution is 2.44. The molecule has 5 heteroatoms. The van der Waals surface area contributed by atoms with Crippen LogP contribution in [0.3, 0.4) is 0 Å². The molecule has 4 nitrogen and oxygen atoms in total. The lowest BCUT2D eigenvalue weighted by Crippen LogP contribution is -1.97. The number of aryl methyl sites for hydroxylation is 1. The highest BCUT2D eigenvalue weighted by atomic mass is 32.2. The van der Waals surface area contributed by atoms with Crippen molar-refractivity contribution in [1.82, 2.24) is 0 Å². The number of methoxy groups -OCH3 is 1. The van der Waals surface area contributed by atoms with Crippen molar-refractivity contribution in [3.8, 4) is 17.2 Å². The van der Waals surface area contributed by atoms with E-state index >= 15 is 0 Å². The van der Waals surface area contributed by atoms with Crippen LogP contribution < -0.4 is 14.2 Å². The van der Waals surface area contributed by atoms with Crippen LogP contribution in [0.5, 0.6) is 17.2 Å². The lowest BCUT2D eigenvalue weighted by molar-refractivity contribution is 0.305. The molecule has 1 unspecified atom stereocenters. The zero-order chi connectivity index (χ0) is 23.5. The average molecular weight is 469 g/mol. The Morgan fingerprint density at radius 2 is 1.44 bits per heavy atom. The van der Waals surface area contributed by atoms with Gasteiger partial charge in [0.1, 0.15) is 23.9 Å². The molecule has 34 heavy (non-hydrogen) atoms. The summed E-state index contributed by atoms with van der Waals surface area (Å²) in [6, 6.07) is 31.0. The summed E-state index contributed by atoms with van der Waals surface area (Å²) in [7, 11) is 0.198. The molecule has 170 valence electrons. The van der Waals surface area contributed by atoms with Crippen LogP contribution in [0.25, 0.3) is 10.7 Å². The van der Waals surface area contributed by atoms with Gasteiger partial charge < -0.3 is 14.2 Å². The molecule has 0 saturated carbocycles. The predicted octanol–water partition coefficient (Wildman–Crippen LogP) is 6.61. The fraction of sp³-hybridized carbons (Fsp3) is 0.103. The van der Waals surface area contributed by atoms with Crippen molar-refractivity contribution in [3.63, 3.8) is 0 Å². The molecule has 0 radical (unpaired) electrons. The molecule has 0 spiro atoms. The first-order valence-corrected chi connectivity index (χ1v) is 12.1. The number of rotatable bonds is 7. The zero-order valence-corrected chi connectivity index (χ0v) is 19.8. The van der Waals surface area contributed by atoms with E-state index < -0.39 is 10.8 Å². The van der Waals surface area contributed by atoms with Crippen LogP contribution in [0.2, 0.25) is 0 Å². The maximum atomic E-state index is 13.7. The van der Waals surface area contributed by atoms with Crippen LogP contribution in [0.15, 0.2) is 102 Å². The lowest BCUT2D eigenvalue weighted by Gasteiger charge is -2.11. The van der Waals surface area contributed by atoms with E-state index in [1.807, 2.05) is 104 Å². The third-order valence-electron chi connectivity index (χ3n) is 5.63. The van der Waals surface area contributed by atoms with Crippen molar-refractivity contribution in [3.05, 3.63) is 119 Å². The fourth-order valence-electron chi connectivity index (χ4n) is 3.80. The molecule has 0 saturated heterocycles. The Morgan fingerprint density at radius 1 is 0.765 bits per heavy atom. The summed E-state index contributed by atoms with van der Waals surface area (Å²) in [4.78, 5) is 1.32. The molecule has 0 N–H and O–H groups in total. The van der Waals surface area contributed by atoms with E-state index in [4.69, 9.17) is 14.2 Å². The van der Waals surface area contributed by atoms with E-state index in [-0.39, 0.29) is 0 Å². The summed E-state index contributed by atoms with van der Waals surface area (Å²) >= 11 is 0. The van der Waals surface area contributed by atoms with Crippen LogP contribution in [0.1, 0.15) is 22.3 Å². The van der Waals surface area contributed by atoms with Gasteiger partial charge in [0, 0.05) is 5.56 Å². The second-order valence-corrected chi connectivity index (χ2v) is 9.39. The van der Waals surface area contributed by atoms with Gasteiger partial charge in [-0.1, -0.05) is 48.0 Å². The van der Waals surface area contributed by atoms with E-state index in [0.29, 0.717) is 33.7 Å². The van der Waals surface area contributed by atoms with Crippen molar-refractivity contribution in [2.45, 2.75) is 18.4 Å². The number of fused-ring (bicyclic) bond motifs is 1. The zero-order valence-electron chi connectivity index (χ0n) is 19.0. The van der Waals surface area contributed by atoms with Crippen LogP contribution in [-0.2, 0) is 17.4 Å². The Hall–Kier alpha value is -3.83.